The molecule has 0 spiro atoms. The summed E-state index contributed by atoms with van der Waals surface area (Å²) in [7, 11) is 0. The van der Waals surface area contributed by atoms with E-state index in [-0.39, 0.29) is 22.3 Å². The molecule has 1 heterocycles. The summed E-state index contributed by atoms with van der Waals surface area (Å²) in [5.74, 6) is -3.21. The molecule has 4 aromatic rings. The summed E-state index contributed by atoms with van der Waals surface area (Å²) >= 11 is 0. The third kappa shape index (κ3) is 7.35. The maximum absolute atomic E-state index is 13.3. The van der Waals surface area contributed by atoms with Gasteiger partial charge in [-0.3, -0.25) is 0 Å². The molecular formula is C34H28O10. The molecule has 10 heteroatoms. The van der Waals surface area contributed by atoms with E-state index in [1.54, 1.807) is 84.9 Å². The molecule has 1 N–H and O–H groups in total. The highest BCUT2D eigenvalue weighted by atomic mass is 16.7. The highest BCUT2D eigenvalue weighted by Gasteiger charge is 2.52. The molecule has 10 nitrogen and oxygen atoms in total. The third-order valence-electron chi connectivity index (χ3n) is 6.76. The van der Waals surface area contributed by atoms with Crippen molar-refractivity contribution in [3.63, 3.8) is 0 Å². The van der Waals surface area contributed by atoms with Gasteiger partial charge in [0.25, 0.3) is 0 Å². The number of benzene rings is 4. The fourth-order valence-electron chi connectivity index (χ4n) is 4.54. The van der Waals surface area contributed by atoms with Gasteiger partial charge in [-0.25, -0.2) is 19.2 Å². The van der Waals surface area contributed by atoms with E-state index in [4.69, 9.17) is 23.7 Å². The number of esters is 4. The molecule has 0 unspecified atom stereocenters. The van der Waals surface area contributed by atoms with Gasteiger partial charge in [0.05, 0.1) is 22.3 Å². The Bertz CT molecular complexity index is 1560. The van der Waals surface area contributed by atoms with E-state index in [1.165, 1.54) is 36.4 Å². The number of hydrogen-bond donors (Lipinski definition) is 1. The predicted octanol–water partition coefficient (Wildman–Crippen LogP) is 4.24. The van der Waals surface area contributed by atoms with Gasteiger partial charge in [0.2, 0.25) is 0 Å². The number of carbonyl (C=O) groups is 4. The average molecular weight is 597 g/mol. The fraction of sp³-hybridized carbons (Fsp3) is 0.176. The minimum Gasteiger partial charge on any atom is -0.459 e. The quantitative estimate of drug-likeness (QED) is 0.221. The first kappa shape index (κ1) is 30.1. The van der Waals surface area contributed by atoms with Gasteiger partial charge < -0.3 is 28.8 Å². The first-order valence-corrected chi connectivity index (χ1v) is 13.7. The topological polar surface area (TPSA) is 135 Å². The molecule has 44 heavy (non-hydrogen) atoms. The molecule has 0 bridgehead atoms. The lowest BCUT2D eigenvalue weighted by Gasteiger charge is -2.42. The second-order valence-corrected chi connectivity index (χ2v) is 9.74. The first-order valence-electron chi connectivity index (χ1n) is 13.7. The summed E-state index contributed by atoms with van der Waals surface area (Å²) in [4.78, 5) is 52.3. The summed E-state index contributed by atoms with van der Waals surface area (Å²) in [6.45, 7) is -0.504. The normalized spacial score (nSPS) is 21.0. The molecule has 5 rings (SSSR count). The molecule has 5 atom stereocenters. The van der Waals surface area contributed by atoms with Gasteiger partial charge in [-0.15, -0.1) is 0 Å². The van der Waals surface area contributed by atoms with Gasteiger partial charge in [-0.05, 0) is 48.5 Å². The smallest absolute Gasteiger partial charge is 0.338 e. The Morgan fingerprint density at radius 3 is 1.25 bits per heavy atom. The molecule has 0 saturated carbocycles. The Hall–Kier alpha value is -5.32. The summed E-state index contributed by atoms with van der Waals surface area (Å²) in [6.07, 6.45) is -7.89. The minimum absolute atomic E-state index is 0.154. The second-order valence-electron chi connectivity index (χ2n) is 9.74. The number of aliphatic hydroxyl groups is 1. The average Bonchev–Trinajstić information content (AvgIpc) is 3.07. The number of aliphatic hydroxyl groups excluding tert-OH is 1. The van der Waals surface area contributed by atoms with Gasteiger partial charge in [-0.2, -0.15) is 0 Å². The van der Waals surface area contributed by atoms with Crippen molar-refractivity contribution in [3.05, 3.63) is 144 Å². The van der Waals surface area contributed by atoms with Crippen LogP contribution < -0.4 is 0 Å². The maximum Gasteiger partial charge on any atom is 0.338 e. The number of rotatable bonds is 9. The SMILES string of the molecule is O=C(OC[C@H]1O[C@H](O)[C@H](OC(=O)c2ccccc2)[C@@H](OC(=O)c2ccccc2)[C@H]1OC(=O)c1ccccc1)c1ccccc1. The zero-order valence-corrected chi connectivity index (χ0v) is 23.3. The van der Waals surface area contributed by atoms with Gasteiger partial charge in [-0.1, -0.05) is 72.8 Å². The van der Waals surface area contributed by atoms with Crippen molar-refractivity contribution in [2.75, 3.05) is 6.61 Å². The van der Waals surface area contributed by atoms with Gasteiger partial charge in [0.1, 0.15) is 12.7 Å². The van der Waals surface area contributed by atoms with Crippen molar-refractivity contribution < 1.29 is 48.0 Å². The molecule has 0 aromatic heterocycles. The van der Waals surface area contributed by atoms with Crippen LogP contribution in [0.4, 0.5) is 0 Å². The maximum atomic E-state index is 13.3. The van der Waals surface area contributed by atoms with Gasteiger partial charge in [0.15, 0.2) is 24.6 Å². The lowest BCUT2D eigenvalue weighted by atomic mass is 9.97. The highest BCUT2D eigenvalue weighted by Crippen LogP contribution is 2.30. The molecule has 1 fully saturated rings. The Labute approximate surface area is 252 Å². The Morgan fingerprint density at radius 1 is 0.500 bits per heavy atom. The zero-order valence-electron chi connectivity index (χ0n) is 23.3. The van der Waals surface area contributed by atoms with E-state index in [1.807, 2.05) is 0 Å². The number of hydrogen-bond acceptors (Lipinski definition) is 10. The van der Waals surface area contributed by atoms with Crippen LogP contribution in [0.1, 0.15) is 41.4 Å². The third-order valence-corrected chi connectivity index (χ3v) is 6.76. The van der Waals surface area contributed by atoms with Crippen molar-refractivity contribution in [3.8, 4) is 0 Å². The molecule has 0 aliphatic carbocycles. The Balaban J connectivity index is 1.48. The monoisotopic (exact) mass is 596 g/mol. The molecule has 224 valence electrons. The standard InChI is InChI=1S/C34H28O10/c35-30(22-13-5-1-6-14-22)40-21-26-27(42-31(36)23-15-7-2-8-16-23)28(43-32(37)24-17-9-3-10-18-24)29(34(39)41-26)44-33(38)25-19-11-4-12-20-25/h1-20,26-29,34,39H,21H2/t26-,27+,28+,29-,34+/m1/s1. The van der Waals surface area contributed by atoms with Crippen LogP contribution in [0.2, 0.25) is 0 Å². The highest BCUT2D eigenvalue weighted by molar-refractivity contribution is 5.91. The van der Waals surface area contributed by atoms with E-state index in [0.717, 1.165) is 0 Å². The summed E-state index contributed by atoms with van der Waals surface area (Å²) in [6, 6.07) is 32.1. The van der Waals surface area contributed by atoms with E-state index >= 15 is 0 Å². The Morgan fingerprint density at radius 2 is 0.841 bits per heavy atom. The summed E-state index contributed by atoms with van der Waals surface area (Å²) in [5.41, 5.74) is 0.736. The molecule has 0 amide bonds. The predicted molar refractivity (Wildman–Crippen MR) is 155 cm³/mol. The van der Waals surface area contributed by atoms with E-state index < -0.39 is 61.2 Å². The van der Waals surface area contributed by atoms with Gasteiger partial charge >= 0.3 is 23.9 Å². The lowest BCUT2D eigenvalue weighted by molar-refractivity contribution is -0.284. The minimum atomic E-state index is -1.86. The van der Waals surface area contributed by atoms with Crippen molar-refractivity contribution in [2.24, 2.45) is 0 Å². The molecule has 1 aliphatic rings. The Kier molecular flexibility index (Phi) is 9.75. The largest absolute Gasteiger partial charge is 0.459 e. The molecule has 4 aromatic carbocycles. The van der Waals surface area contributed by atoms with E-state index in [0.29, 0.717) is 0 Å². The number of ether oxygens (including phenoxy) is 5. The van der Waals surface area contributed by atoms with Crippen molar-refractivity contribution in [1.29, 1.82) is 0 Å². The van der Waals surface area contributed by atoms with Crippen LogP contribution in [-0.2, 0) is 23.7 Å². The lowest BCUT2D eigenvalue weighted by Crippen LogP contribution is -2.62. The van der Waals surface area contributed by atoms with Crippen LogP contribution in [0, 0.1) is 0 Å². The van der Waals surface area contributed by atoms with Crippen molar-refractivity contribution >= 4 is 23.9 Å². The van der Waals surface area contributed by atoms with Crippen molar-refractivity contribution in [1.82, 2.24) is 0 Å². The van der Waals surface area contributed by atoms with Crippen LogP contribution in [0.25, 0.3) is 0 Å². The van der Waals surface area contributed by atoms with Crippen LogP contribution in [0.3, 0.4) is 0 Å². The number of carbonyl (C=O) groups excluding carboxylic acids is 4. The molecular weight excluding hydrogens is 568 g/mol. The van der Waals surface area contributed by atoms with Crippen LogP contribution in [-0.4, -0.2) is 66.3 Å². The molecule has 1 saturated heterocycles. The molecule has 0 radical (unpaired) electrons. The second kappa shape index (κ2) is 14.2. The summed E-state index contributed by atoms with van der Waals surface area (Å²) in [5, 5.41) is 11.1. The van der Waals surface area contributed by atoms with Crippen LogP contribution in [0.5, 0.6) is 0 Å². The van der Waals surface area contributed by atoms with Crippen LogP contribution in [0.15, 0.2) is 121 Å². The summed E-state index contributed by atoms with van der Waals surface area (Å²) < 4.78 is 28.4. The molecule has 1 aliphatic heterocycles. The first-order chi connectivity index (χ1) is 21.4. The van der Waals surface area contributed by atoms with Gasteiger partial charge in [0, 0.05) is 0 Å². The van der Waals surface area contributed by atoms with Crippen molar-refractivity contribution in [2.45, 2.75) is 30.7 Å². The zero-order chi connectivity index (χ0) is 30.9. The van der Waals surface area contributed by atoms with Crippen LogP contribution >= 0.6 is 0 Å². The fourth-order valence-corrected chi connectivity index (χ4v) is 4.54. The van der Waals surface area contributed by atoms with E-state index in [9.17, 15) is 24.3 Å². The van der Waals surface area contributed by atoms with E-state index in [2.05, 4.69) is 0 Å².